The Bertz CT molecular complexity index is 528. The van der Waals surface area contributed by atoms with E-state index < -0.39 is 0 Å². The molecule has 0 saturated heterocycles. The van der Waals surface area contributed by atoms with Gasteiger partial charge in [0.15, 0.2) is 0 Å². The molecule has 0 aromatic carbocycles. The van der Waals surface area contributed by atoms with Gasteiger partial charge in [0.2, 0.25) is 0 Å². The van der Waals surface area contributed by atoms with Crippen LogP contribution in [-0.2, 0) is 6.42 Å². The molecule has 2 aromatic heterocycles. The molecule has 3 nitrogen and oxygen atoms in total. The monoisotopic (exact) mass is 324 g/mol. The summed E-state index contributed by atoms with van der Waals surface area (Å²) in [5.41, 5.74) is 1.81. The van der Waals surface area contributed by atoms with Crippen molar-refractivity contribution in [2.45, 2.75) is 19.4 Å². The molecule has 5 heteroatoms. The summed E-state index contributed by atoms with van der Waals surface area (Å²) in [6, 6.07) is 5.68. The summed E-state index contributed by atoms with van der Waals surface area (Å²) in [6.07, 6.45) is 2.49. The number of amides is 1. The van der Waals surface area contributed by atoms with Crippen LogP contribution in [0.5, 0.6) is 0 Å². The number of halogens is 1. The molecule has 0 fully saturated rings. The lowest BCUT2D eigenvalue weighted by molar-refractivity contribution is 0.0939. The zero-order valence-corrected chi connectivity index (χ0v) is 12.3. The standard InChI is InChI=1S/C13H13BrN2OS/c1-9(7-10-4-6-18-8-10)16-13(17)11-3-2-5-15-12(11)14/h2-6,8-9H,7H2,1H3,(H,16,17). The summed E-state index contributed by atoms with van der Waals surface area (Å²) < 4.78 is 0.574. The number of pyridine rings is 1. The van der Waals surface area contributed by atoms with E-state index in [0.717, 1.165) is 6.42 Å². The lowest BCUT2D eigenvalue weighted by Crippen LogP contribution is -2.34. The molecule has 1 atom stereocenters. The first-order valence-corrected chi connectivity index (χ1v) is 7.33. The number of carbonyl (C=O) groups is 1. The van der Waals surface area contributed by atoms with Crippen LogP contribution in [-0.4, -0.2) is 16.9 Å². The van der Waals surface area contributed by atoms with Crippen molar-refractivity contribution in [2.24, 2.45) is 0 Å². The van der Waals surface area contributed by atoms with E-state index in [2.05, 4.69) is 37.7 Å². The molecule has 2 rings (SSSR count). The Hall–Kier alpha value is -1.20. The molecular weight excluding hydrogens is 312 g/mol. The largest absolute Gasteiger partial charge is 0.349 e. The van der Waals surface area contributed by atoms with Crippen molar-refractivity contribution >= 4 is 33.2 Å². The van der Waals surface area contributed by atoms with Crippen molar-refractivity contribution in [3.8, 4) is 0 Å². The van der Waals surface area contributed by atoms with Crippen molar-refractivity contribution in [3.05, 3.63) is 50.9 Å². The molecule has 0 saturated carbocycles. The molecule has 1 N–H and O–H groups in total. The smallest absolute Gasteiger partial charge is 0.254 e. The second-order valence-corrected chi connectivity index (χ2v) is 5.58. The third-order valence-corrected chi connectivity index (χ3v) is 3.87. The van der Waals surface area contributed by atoms with Crippen LogP contribution in [0.4, 0.5) is 0 Å². The van der Waals surface area contributed by atoms with Gasteiger partial charge in [-0.2, -0.15) is 11.3 Å². The Morgan fingerprint density at radius 2 is 2.39 bits per heavy atom. The van der Waals surface area contributed by atoms with Crippen LogP contribution in [0.1, 0.15) is 22.8 Å². The van der Waals surface area contributed by atoms with Gasteiger partial charge in [-0.05, 0) is 63.8 Å². The normalized spacial score (nSPS) is 12.1. The summed E-state index contributed by atoms with van der Waals surface area (Å²) in [6.45, 7) is 2.00. The Labute approximate surface area is 118 Å². The SMILES string of the molecule is CC(Cc1ccsc1)NC(=O)c1cccnc1Br. The van der Waals surface area contributed by atoms with E-state index in [4.69, 9.17) is 0 Å². The van der Waals surface area contributed by atoms with Gasteiger partial charge in [0.25, 0.3) is 5.91 Å². The van der Waals surface area contributed by atoms with Crippen molar-refractivity contribution in [1.29, 1.82) is 0 Å². The van der Waals surface area contributed by atoms with E-state index in [-0.39, 0.29) is 11.9 Å². The molecule has 0 radical (unpaired) electrons. The number of hydrogen-bond acceptors (Lipinski definition) is 3. The average molecular weight is 325 g/mol. The van der Waals surface area contributed by atoms with Crippen LogP contribution in [0.2, 0.25) is 0 Å². The van der Waals surface area contributed by atoms with Crippen molar-refractivity contribution in [3.63, 3.8) is 0 Å². The third kappa shape index (κ3) is 3.40. The number of carbonyl (C=O) groups excluding carboxylic acids is 1. The van der Waals surface area contributed by atoms with Crippen LogP contribution in [0.25, 0.3) is 0 Å². The van der Waals surface area contributed by atoms with Crippen LogP contribution in [0, 0.1) is 0 Å². The second kappa shape index (κ2) is 6.11. The Morgan fingerprint density at radius 1 is 1.56 bits per heavy atom. The first kappa shape index (κ1) is 13.2. The number of aromatic nitrogens is 1. The van der Waals surface area contributed by atoms with Crippen molar-refractivity contribution in [2.75, 3.05) is 0 Å². The molecule has 18 heavy (non-hydrogen) atoms. The summed E-state index contributed by atoms with van der Waals surface area (Å²) >= 11 is 4.95. The maximum Gasteiger partial charge on any atom is 0.254 e. The first-order chi connectivity index (χ1) is 8.66. The minimum atomic E-state index is -0.0993. The van der Waals surface area contributed by atoms with E-state index in [1.54, 1.807) is 29.7 Å². The van der Waals surface area contributed by atoms with E-state index in [9.17, 15) is 4.79 Å². The first-order valence-electron chi connectivity index (χ1n) is 5.59. The zero-order chi connectivity index (χ0) is 13.0. The Balaban J connectivity index is 1.97. The van der Waals surface area contributed by atoms with Gasteiger partial charge in [0, 0.05) is 12.2 Å². The number of nitrogens with one attached hydrogen (secondary N) is 1. The molecule has 2 heterocycles. The highest BCUT2D eigenvalue weighted by Crippen LogP contribution is 2.13. The maximum atomic E-state index is 12.0. The predicted molar refractivity (Wildman–Crippen MR) is 76.9 cm³/mol. The summed E-state index contributed by atoms with van der Waals surface area (Å²) in [4.78, 5) is 16.1. The molecular formula is C13H13BrN2OS. The van der Waals surface area contributed by atoms with Gasteiger partial charge in [0.1, 0.15) is 4.60 Å². The molecule has 2 aromatic rings. The van der Waals surface area contributed by atoms with Gasteiger partial charge in [-0.3, -0.25) is 4.79 Å². The van der Waals surface area contributed by atoms with E-state index in [1.807, 2.05) is 12.3 Å². The van der Waals surface area contributed by atoms with Gasteiger partial charge < -0.3 is 5.32 Å². The topological polar surface area (TPSA) is 42.0 Å². The number of nitrogens with zero attached hydrogens (tertiary/aromatic N) is 1. The highest BCUT2D eigenvalue weighted by Gasteiger charge is 2.13. The quantitative estimate of drug-likeness (QED) is 0.877. The van der Waals surface area contributed by atoms with E-state index >= 15 is 0 Å². The van der Waals surface area contributed by atoms with Crippen molar-refractivity contribution in [1.82, 2.24) is 10.3 Å². The Kier molecular flexibility index (Phi) is 4.49. The molecule has 1 amide bonds. The van der Waals surface area contributed by atoms with E-state index in [0.29, 0.717) is 10.2 Å². The number of hydrogen-bond donors (Lipinski definition) is 1. The lowest BCUT2D eigenvalue weighted by atomic mass is 10.1. The Morgan fingerprint density at radius 3 is 3.06 bits per heavy atom. The molecule has 1 unspecified atom stereocenters. The fourth-order valence-electron chi connectivity index (χ4n) is 1.67. The number of thiophene rings is 1. The fraction of sp³-hybridized carbons (Fsp3) is 0.231. The number of rotatable bonds is 4. The third-order valence-electron chi connectivity index (χ3n) is 2.50. The average Bonchev–Trinajstić information content (AvgIpc) is 2.82. The summed E-state index contributed by atoms with van der Waals surface area (Å²) in [5, 5.41) is 7.11. The van der Waals surface area contributed by atoms with E-state index in [1.165, 1.54) is 5.56 Å². The second-order valence-electron chi connectivity index (χ2n) is 4.05. The summed E-state index contributed by atoms with van der Waals surface area (Å²) in [5.74, 6) is -0.0993. The fourth-order valence-corrected chi connectivity index (χ4v) is 2.78. The van der Waals surface area contributed by atoms with Crippen molar-refractivity contribution < 1.29 is 4.79 Å². The summed E-state index contributed by atoms with van der Waals surface area (Å²) in [7, 11) is 0. The minimum absolute atomic E-state index is 0.0965. The molecule has 0 bridgehead atoms. The molecule has 0 aliphatic rings. The molecule has 94 valence electrons. The van der Waals surface area contributed by atoms with Gasteiger partial charge in [-0.1, -0.05) is 0 Å². The minimum Gasteiger partial charge on any atom is -0.349 e. The van der Waals surface area contributed by atoms with Gasteiger partial charge in [0.05, 0.1) is 5.56 Å². The molecule has 0 spiro atoms. The van der Waals surface area contributed by atoms with Crippen LogP contribution in [0.3, 0.4) is 0 Å². The van der Waals surface area contributed by atoms with Gasteiger partial charge >= 0.3 is 0 Å². The lowest BCUT2D eigenvalue weighted by Gasteiger charge is -2.13. The van der Waals surface area contributed by atoms with Crippen LogP contribution in [0.15, 0.2) is 39.8 Å². The highest BCUT2D eigenvalue weighted by atomic mass is 79.9. The zero-order valence-electron chi connectivity index (χ0n) is 9.89. The van der Waals surface area contributed by atoms with Crippen LogP contribution >= 0.6 is 27.3 Å². The van der Waals surface area contributed by atoms with Gasteiger partial charge in [-0.15, -0.1) is 0 Å². The van der Waals surface area contributed by atoms with Crippen LogP contribution < -0.4 is 5.32 Å². The maximum absolute atomic E-state index is 12.0. The predicted octanol–water partition coefficient (Wildman–Crippen LogP) is 3.27. The van der Waals surface area contributed by atoms with Gasteiger partial charge in [-0.25, -0.2) is 4.98 Å². The highest BCUT2D eigenvalue weighted by molar-refractivity contribution is 9.10. The molecule has 0 aliphatic carbocycles. The molecule has 0 aliphatic heterocycles.